The molecule has 0 spiro atoms. The Morgan fingerprint density at radius 2 is 1.95 bits per heavy atom. The molecule has 1 unspecified atom stereocenters. The van der Waals surface area contributed by atoms with E-state index in [4.69, 9.17) is 0 Å². The molecule has 0 aliphatic carbocycles. The summed E-state index contributed by atoms with van der Waals surface area (Å²) < 4.78 is 0. The average molecular weight is 294 g/mol. The third-order valence-electron chi connectivity index (χ3n) is 3.67. The van der Waals surface area contributed by atoms with Crippen LogP contribution in [0.3, 0.4) is 0 Å². The molecule has 1 aromatic carbocycles. The van der Waals surface area contributed by atoms with E-state index in [1.165, 1.54) is 0 Å². The molecule has 1 aliphatic heterocycles. The van der Waals surface area contributed by atoms with Gasteiger partial charge in [0.1, 0.15) is 0 Å². The Balaban J connectivity index is 1.96. The van der Waals surface area contributed by atoms with Crippen LogP contribution >= 0.6 is 0 Å². The largest absolute Gasteiger partial charge is 0.340 e. The molecular weight excluding hydrogens is 276 g/mol. The Hall–Kier alpha value is -2.69. The standard InChI is InChI=1S/C17H18N4O/c1-20(2)17(22)21-16(13-7-4-3-5-8-13)11-15(19-21)14-9-6-10-18-12-14/h3-10,12,16H,11H2,1-2H3. The maximum Gasteiger partial charge on any atom is 0.340 e. The molecule has 112 valence electrons. The van der Waals surface area contributed by atoms with Crippen molar-refractivity contribution in [2.75, 3.05) is 14.1 Å². The first-order valence-corrected chi connectivity index (χ1v) is 7.20. The molecular formula is C17H18N4O. The number of amides is 2. The lowest BCUT2D eigenvalue weighted by molar-refractivity contribution is 0.159. The van der Waals surface area contributed by atoms with E-state index < -0.39 is 0 Å². The number of urea groups is 1. The summed E-state index contributed by atoms with van der Waals surface area (Å²) in [6, 6.07) is 13.7. The first-order chi connectivity index (χ1) is 10.7. The highest BCUT2D eigenvalue weighted by Crippen LogP contribution is 2.32. The molecule has 0 bridgehead atoms. The maximum absolute atomic E-state index is 12.4. The van der Waals surface area contributed by atoms with Gasteiger partial charge < -0.3 is 4.90 Å². The van der Waals surface area contributed by atoms with Crippen molar-refractivity contribution in [1.29, 1.82) is 0 Å². The van der Waals surface area contributed by atoms with Gasteiger partial charge in [-0.05, 0) is 11.6 Å². The highest BCUT2D eigenvalue weighted by Gasteiger charge is 2.33. The predicted molar refractivity (Wildman–Crippen MR) is 85.5 cm³/mol. The average Bonchev–Trinajstić information content (AvgIpc) is 3.01. The molecule has 0 saturated heterocycles. The van der Waals surface area contributed by atoms with Gasteiger partial charge in [0.25, 0.3) is 0 Å². The number of carbonyl (C=O) groups is 1. The summed E-state index contributed by atoms with van der Waals surface area (Å²) in [6.07, 6.45) is 4.20. The van der Waals surface area contributed by atoms with Gasteiger partial charge in [0, 0.05) is 38.5 Å². The number of hydrogen-bond acceptors (Lipinski definition) is 3. The maximum atomic E-state index is 12.4. The van der Waals surface area contributed by atoms with Gasteiger partial charge in [-0.3, -0.25) is 4.98 Å². The van der Waals surface area contributed by atoms with Crippen LogP contribution in [0, 0.1) is 0 Å². The Morgan fingerprint density at radius 1 is 1.18 bits per heavy atom. The van der Waals surface area contributed by atoms with Crippen molar-refractivity contribution in [1.82, 2.24) is 14.9 Å². The van der Waals surface area contributed by atoms with E-state index in [2.05, 4.69) is 10.1 Å². The zero-order valence-corrected chi connectivity index (χ0v) is 12.7. The van der Waals surface area contributed by atoms with Gasteiger partial charge in [0.2, 0.25) is 0 Å². The number of hydrogen-bond donors (Lipinski definition) is 0. The van der Waals surface area contributed by atoms with Gasteiger partial charge in [0.15, 0.2) is 0 Å². The van der Waals surface area contributed by atoms with Crippen LogP contribution in [-0.2, 0) is 0 Å². The molecule has 22 heavy (non-hydrogen) atoms. The van der Waals surface area contributed by atoms with Gasteiger partial charge in [-0.25, -0.2) is 9.80 Å². The van der Waals surface area contributed by atoms with Crippen LogP contribution in [-0.4, -0.2) is 40.7 Å². The summed E-state index contributed by atoms with van der Waals surface area (Å²) >= 11 is 0. The van der Waals surface area contributed by atoms with Crippen molar-refractivity contribution in [2.45, 2.75) is 12.5 Å². The number of carbonyl (C=O) groups excluding carboxylic acids is 1. The molecule has 2 amide bonds. The summed E-state index contributed by atoms with van der Waals surface area (Å²) in [5.74, 6) is 0. The molecule has 1 atom stereocenters. The van der Waals surface area contributed by atoms with Crippen molar-refractivity contribution >= 4 is 11.7 Å². The van der Waals surface area contributed by atoms with Crippen LogP contribution in [0.25, 0.3) is 0 Å². The van der Waals surface area contributed by atoms with Crippen LogP contribution in [0.5, 0.6) is 0 Å². The third kappa shape index (κ3) is 2.70. The van der Waals surface area contributed by atoms with E-state index in [1.807, 2.05) is 42.5 Å². The fourth-order valence-electron chi connectivity index (χ4n) is 2.53. The fraction of sp³-hybridized carbons (Fsp3) is 0.235. The summed E-state index contributed by atoms with van der Waals surface area (Å²) in [7, 11) is 3.48. The van der Waals surface area contributed by atoms with Crippen molar-refractivity contribution in [2.24, 2.45) is 5.10 Å². The lowest BCUT2D eigenvalue weighted by Crippen LogP contribution is -2.36. The smallest absolute Gasteiger partial charge is 0.329 e. The molecule has 3 rings (SSSR count). The summed E-state index contributed by atoms with van der Waals surface area (Å²) in [5.41, 5.74) is 2.93. The Morgan fingerprint density at radius 3 is 2.59 bits per heavy atom. The molecule has 0 saturated carbocycles. The summed E-state index contributed by atoms with van der Waals surface area (Å²) in [4.78, 5) is 18.1. The minimum atomic E-state index is -0.118. The number of aromatic nitrogens is 1. The number of rotatable bonds is 2. The third-order valence-corrected chi connectivity index (χ3v) is 3.67. The van der Waals surface area contributed by atoms with Crippen LogP contribution in [0.4, 0.5) is 4.79 Å². The zero-order valence-electron chi connectivity index (χ0n) is 12.7. The molecule has 1 aromatic heterocycles. The molecule has 0 fully saturated rings. The lowest BCUT2D eigenvalue weighted by atomic mass is 9.99. The zero-order chi connectivity index (χ0) is 15.5. The first kappa shape index (κ1) is 14.3. The predicted octanol–water partition coefficient (Wildman–Crippen LogP) is 2.91. The van der Waals surface area contributed by atoms with E-state index in [-0.39, 0.29) is 12.1 Å². The van der Waals surface area contributed by atoms with E-state index in [9.17, 15) is 4.79 Å². The molecule has 5 heteroatoms. The summed E-state index contributed by atoms with van der Waals surface area (Å²) in [6.45, 7) is 0. The van der Waals surface area contributed by atoms with E-state index in [0.717, 1.165) is 16.8 Å². The monoisotopic (exact) mass is 294 g/mol. The minimum absolute atomic E-state index is 0.0775. The SMILES string of the molecule is CN(C)C(=O)N1N=C(c2cccnc2)CC1c1ccccc1. The molecule has 2 heterocycles. The first-order valence-electron chi connectivity index (χ1n) is 7.20. The highest BCUT2D eigenvalue weighted by atomic mass is 16.2. The number of pyridine rings is 1. The Kier molecular flexibility index (Phi) is 3.87. The van der Waals surface area contributed by atoms with Crippen molar-refractivity contribution in [3.63, 3.8) is 0 Å². The van der Waals surface area contributed by atoms with Crippen molar-refractivity contribution in [3.8, 4) is 0 Å². The Bertz CT molecular complexity index is 682. The van der Waals surface area contributed by atoms with Gasteiger partial charge in [-0.15, -0.1) is 0 Å². The highest BCUT2D eigenvalue weighted by molar-refractivity contribution is 6.02. The molecule has 2 aromatic rings. The fourth-order valence-corrected chi connectivity index (χ4v) is 2.53. The molecule has 1 aliphatic rings. The van der Waals surface area contributed by atoms with Gasteiger partial charge in [-0.1, -0.05) is 36.4 Å². The second-order valence-electron chi connectivity index (χ2n) is 5.44. The van der Waals surface area contributed by atoms with E-state index >= 15 is 0 Å². The van der Waals surface area contributed by atoms with Crippen LogP contribution < -0.4 is 0 Å². The van der Waals surface area contributed by atoms with E-state index in [0.29, 0.717) is 6.42 Å². The van der Waals surface area contributed by atoms with Gasteiger partial charge in [-0.2, -0.15) is 5.10 Å². The number of hydrazone groups is 1. The molecule has 0 radical (unpaired) electrons. The summed E-state index contributed by atoms with van der Waals surface area (Å²) in [5, 5.41) is 6.12. The van der Waals surface area contributed by atoms with Crippen molar-refractivity contribution in [3.05, 3.63) is 66.0 Å². The topological polar surface area (TPSA) is 48.8 Å². The molecule has 0 N–H and O–H groups in total. The van der Waals surface area contributed by atoms with Crippen molar-refractivity contribution < 1.29 is 4.79 Å². The normalized spacial score (nSPS) is 17.3. The van der Waals surface area contributed by atoms with Gasteiger partial charge in [0.05, 0.1) is 11.8 Å². The van der Waals surface area contributed by atoms with Crippen LogP contribution in [0.2, 0.25) is 0 Å². The van der Waals surface area contributed by atoms with Gasteiger partial charge >= 0.3 is 6.03 Å². The van der Waals surface area contributed by atoms with Crippen LogP contribution in [0.15, 0.2) is 60.0 Å². The number of nitrogens with zero attached hydrogens (tertiary/aromatic N) is 4. The minimum Gasteiger partial charge on any atom is -0.329 e. The lowest BCUT2D eigenvalue weighted by Gasteiger charge is -2.25. The Labute approximate surface area is 129 Å². The van der Waals surface area contributed by atoms with Crippen LogP contribution in [0.1, 0.15) is 23.6 Å². The van der Waals surface area contributed by atoms with E-state index in [1.54, 1.807) is 36.4 Å². The molecule has 5 nitrogen and oxygen atoms in total. The second kappa shape index (κ2) is 5.97. The quantitative estimate of drug-likeness (QED) is 0.855. The number of benzene rings is 1. The second-order valence-corrected chi connectivity index (χ2v) is 5.44.